The molecule has 0 fully saturated rings. The number of halogens is 2. The largest absolute Gasteiger partial charge is 0.469 e. The van der Waals surface area contributed by atoms with Crippen molar-refractivity contribution in [2.45, 2.75) is 18.9 Å². The standard InChI is InChI=1S/C17H16ClFN4O2/c1-17(20,8-12(24)25-2)9-7-10(19)14-15(13(9)18)23-16(22-14)11-5-3-4-6-21-11/h3-7H,8,20H2,1-2H3,(H,22,23). The molecule has 0 spiro atoms. The third-order valence-electron chi connectivity index (χ3n) is 3.92. The number of methoxy groups -OCH3 is 1. The number of rotatable bonds is 4. The minimum Gasteiger partial charge on any atom is -0.469 e. The Morgan fingerprint density at radius 1 is 1.48 bits per heavy atom. The molecule has 0 aliphatic heterocycles. The average molecular weight is 363 g/mol. The van der Waals surface area contributed by atoms with Gasteiger partial charge >= 0.3 is 5.97 Å². The molecule has 0 saturated carbocycles. The molecule has 1 atom stereocenters. The highest BCUT2D eigenvalue weighted by atomic mass is 35.5. The van der Waals surface area contributed by atoms with Crippen LogP contribution in [0.4, 0.5) is 4.39 Å². The van der Waals surface area contributed by atoms with Gasteiger partial charge in [0.05, 0.1) is 29.6 Å². The van der Waals surface area contributed by atoms with Crippen molar-refractivity contribution in [3.05, 3.63) is 46.9 Å². The van der Waals surface area contributed by atoms with Crippen LogP contribution in [0.3, 0.4) is 0 Å². The van der Waals surface area contributed by atoms with Crippen LogP contribution in [-0.4, -0.2) is 28.0 Å². The van der Waals surface area contributed by atoms with Gasteiger partial charge in [-0.3, -0.25) is 9.78 Å². The Balaban J connectivity index is 2.14. The highest BCUT2D eigenvalue weighted by Crippen LogP contribution is 2.36. The fourth-order valence-electron chi connectivity index (χ4n) is 2.60. The molecule has 1 unspecified atom stereocenters. The van der Waals surface area contributed by atoms with Gasteiger partial charge in [0.25, 0.3) is 0 Å². The second-order valence-corrected chi connectivity index (χ2v) is 6.29. The lowest BCUT2D eigenvalue weighted by atomic mass is 9.89. The zero-order valence-electron chi connectivity index (χ0n) is 13.6. The number of aromatic nitrogens is 3. The number of pyridine rings is 1. The van der Waals surface area contributed by atoms with Crippen LogP contribution in [-0.2, 0) is 15.1 Å². The van der Waals surface area contributed by atoms with E-state index in [1.165, 1.54) is 13.2 Å². The van der Waals surface area contributed by atoms with Gasteiger partial charge < -0.3 is 15.5 Å². The molecular weight excluding hydrogens is 347 g/mol. The van der Waals surface area contributed by atoms with E-state index in [2.05, 4.69) is 19.7 Å². The molecule has 0 bridgehead atoms. The number of nitrogens with zero attached hydrogens (tertiary/aromatic N) is 2. The first-order valence-electron chi connectivity index (χ1n) is 7.49. The lowest BCUT2D eigenvalue weighted by molar-refractivity contribution is -0.141. The maximum Gasteiger partial charge on any atom is 0.307 e. The quantitative estimate of drug-likeness (QED) is 0.695. The maximum absolute atomic E-state index is 14.6. The molecule has 3 rings (SSSR count). The predicted molar refractivity (Wildman–Crippen MR) is 92.5 cm³/mol. The van der Waals surface area contributed by atoms with E-state index in [1.54, 1.807) is 31.3 Å². The molecule has 130 valence electrons. The molecule has 25 heavy (non-hydrogen) atoms. The predicted octanol–water partition coefficient (Wildman–Crippen LogP) is 3.15. The van der Waals surface area contributed by atoms with Gasteiger partial charge in [0.2, 0.25) is 0 Å². The van der Waals surface area contributed by atoms with Crippen LogP contribution >= 0.6 is 11.6 Å². The molecule has 3 aromatic rings. The van der Waals surface area contributed by atoms with Crippen LogP contribution in [0.5, 0.6) is 0 Å². The number of carbonyl (C=O) groups excluding carboxylic acids is 1. The molecule has 3 N–H and O–H groups in total. The maximum atomic E-state index is 14.6. The van der Waals surface area contributed by atoms with E-state index in [-0.39, 0.29) is 17.0 Å². The molecule has 0 aliphatic carbocycles. The fourth-order valence-corrected chi connectivity index (χ4v) is 3.01. The summed E-state index contributed by atoms with van der Waals surface area (Å²) in [6.45, 7) is 1.59. The van der Waals surface area contributed by atoms with Crippen molar-refractivity contribution in [1.29, 1.82) is 0 Å². The van der Waals surface area contributed by atoms with Crippen LogP contribution in [0.15, 0.2) is 30.5 Å². The number of fused-ring (bicyclic) bond motifs is 1. The lowest BCUT2D eigenvalue weighted by Gasteiger charge is -2.25. The molecule has 2 heterocycles. The summed E-state index contributed by atoms with van der Waals surface area (Å²) < 4.78 is 19.2. The molecule has 0 aliphatic rings. The number of H-pyrrole nitrogens is 1. The van der Waals surface area contributed by atoms with Crippen molar-refractivity contribution in [1.82, 2.24) is 15.0 Å². The number of ether oxygens (including phenoxy) is 1. The summed E-state index contributed by atoms with van der Waals surface area (Å²) >= 11 is 6.44. The Labute approximate surface area is 148 Å². The number of imidazole rings is 1. The summed E-state index contributed by atoms with van der Waals surface area (Å²) in [5.41, 5.74) is 6.24. The Morgan fingerprint density at radius 2 is 2.24 bits per heavy atom. The third-order valence-corrected chi connectivity index (χ3v) is 4.31. The molecule has 1 aromatic carbocycles. The zero-order valence-corrected chi connectivity index (χ0v) is 14.4. The second kappa shape index (κ2) is 6.42. The fraction of sp³-hybridized carbons (Fsp3) is 0.235. The molecule has 6 nitrogen and oxygen atoms in total. The smallest absolute Gasteiger partial charge is 0.307 e. The van der Waals surface area contributed by atoms with Crippen molar-refractivity contribution in [2.75, 3.05) is 7.11 Å². The second-order valence-electron chi connectivity index (χ2n) is 5.91. The van der Waals surface area contributed by atoms with Crippen molar-refractivity contribution in [3.63, 3.8) is 0 Å². The SMILES string of the molecule is COC(=O)CC(C)(N)c1cc(F)c2nc(-c3ccccn3)[nH]c2c1Cl. The van der Waals surface area contributed by atoms with Gasteiger partial charge in [0, 0.05) is 6.20 Å². The minimum absolute atomic E-state index is 0.0864. The van der Waals surface area contributed by atoms with E-state index in [1.807, 2.05) is 0 Å². The molecule has 0 radical (unpaired) electrons. The van der Waals surface area contributed by atoms with Crippen molar-refractivity contribution < 1.29 is 13.9 Å². The monoisotopic (exact) mass is 362 g/mol. The van der Waals surface area contributed by atoms with Gasteiger partial charge in [-0.15, -0.1) is 0 Å². The van der Waals surface area contributed by atoms with E-state index >= 15 is 0 Å². The lowest BCUT2D eigenvalue weighted by Crippen LogP contribution is -2.36. The van der Waals surface area contributed by atoms with Gasteiger partial charge in [-0.2, -0.15) is 0 Å². The highest BCUT2D eigenvalue weighted by Gasteiger charge is 2.30. The van der Waals surface area contributed by atoms with Crippen LogP contribution < -0.4 is 5.73 Å². The Morgan fingerprint density at radius 3 is 2.88 bits per heavy atom. The van der Waals surface area contributed by atoms with Gasteiger partial charge in [0.15, 0.2) is 11.6 Å². The van der Waals surface area contributed by atoms with Gasteiger partial charge in [-0.05, 0) is 30.7 Å². The summed E-state index contributed by atoms with van der Waals surface area (Å²) in [6.07, 6.45) is 1.47. The molecular formula is C17H16ClFN4O2. The normalized spacial score (nSPS) is 13.6. The number of benzene rings is 1. The summed E-state index contributed by atoms with van der Waals surface area (Å²) in [5, 5.41) is 0.208. The number of hydrogen-bond acceptors (Lipinski definition) is 5. The number of esters is 1. The van der Waals surface area contributed by atoms with Crippen LogP contribution in [0, 0.1) is 5.82 Å². The van der Waals surface area contributed by atoms with E-state index < -0.39 is 17.3 Å². The van der Waals surface area contributed by atoms with Gasteiger partial charge in [0.1, 0.15) is 11.2 Å². The van der Waals surface area contributed by atoms with E-state index in [4.69, 9.17) is 17.3 Å². The summed E-state index contributed by atoms with van der Waals surface area (Å²) in [7, 11) is 1.26. The first kappa shape index (κ1) is 17.3. The number of carbonyl (C=O) groups is 1. The Bertz CT molecular complexity index is 941. The third kappa shape index (κ3) is 3.20. The van der Waals surface area contributed by atoms with Crippen molar-refractivity contribution >= 4 is 28.6 Å². The zero-order chi connectivity index (χ0) is 18.2. The number of hydrogen-bond donors (Lipinski definition) is 2. The highest BCUT2D eigenvalue weighted by molar-refractivity contribution is 6.36. The number of nitrogens with one attached hydrogen (secondary N) is 1. The van der Waals surface area contributed by atoms with Crippen LogP contribution in [0.2, 0.25) is 5.02 Å². The number of aromatic amines is 1. The number of nitrogens with two attached hydrogens (primary N) is 1. The van der Waals surface area contributed by atoms with Crippen LogP contribution in [0.1, 0.15) is 18.9 Å². The molecule has 0 amide bonds. The summed E-state index contributed by atoms with van der Waals surface area (Å²) in [4.78, 5) is 23.0. The molecule has 2 aromatic heterocycles. The Hall–Kier alpha value is -2.51. The first-order valence-corrected chi connectivity index (χ1v) is 7.86. The Kier molecular flexibility index (Phi) is 4.45. The van der Waals surface area contributed by atoms with Gasteiger partial charge in [-0.25, -0.2) is 9.37 Å². The first-order chi connectivity index (χ1) is 11.8. The summed E-state index contributed by atoms with van der Waals surface area (Å²) in [5.74, 6) is -0.713. The van der Waals surface area contributed by atoms with E-state index in [0.717, 1.165) is 0 Å². The van der Waals surface area contributed by atoms with E-state index in [0.29, 0.717) is 22.6 Å². The molecule has 0 saturated heterocycles. The van der Waals surface area contributed by atoms with Crippen molar-refractivity contribution in [2.24, 2.45) is 5.73 Å². The van der Waals surface area contributed by atoms with Crippen LogP contribution in [0.25, 0.3) is 22.6 Å². The van der Waals surface area contributed by atoms with Crippen molar-refractivity contribution in [3.8, 4) is 11.5 Å². The summed E-state index contributed by atoms with van der Waals surface area (Å²) in [6, 6.07) is 6.52. The van der Waals surface area contributed by atoms with E-state index in [9.17, 15) is 9.18 Å². The average Bonchev–Trinajstić information content (AvgIpc) is 3.04. The minimum atomic E-state index is -1.20. The topological polar surface area (TPSA) is 93.9 Å². The molecule has 8 heteroatoms. The van der Waals surface area contributed by atoms with Gasteiger partial charge in [-0.1, -0.05) is 17.7 Å².